The minimum absolute atomic E-state index is 0.338. The van der Waals surface area contributed by atoms with Gasteiger partial charge in [-0.15, -0.1) is 5.10 Å². The van der Waals surface area contributed by atoms with Gasteiger partial charge in [0.05, 0.1) is 5.69 Å². The van der Waals surface area contributed by atoms with Crippen molar-refractivity contribution < 1.29 is 4.74 Å². The minimum atomic E-state index is 0.338. The number of para-hydroxylation sites is 1. The number of hydrogen-bond donors (Lipinski definition) is 0. The van der Waals surface area contributed by atoms with Crippen molar-refractivity contribution in [3.8, 4) is 17.4 Å². The lowest BCUT2D eigenvalue weighted by Gasteiger charge is -2.07. The molecule has 1 heterocycles. The lowest BCUT2D eigenvalue weighted by Crippen LogP contribution is -1.95. The largest absolute Gasteiger partial charge is 0.423 e. The SMILES string of the molecule is Cc1ccc(Oc2ncn(-c3ccccc3)n2)c(CBr)c1. The summed E-state index contributed by atoms with van der Waals surface area (Å²) in [5, 5.41) is 5.07. The van der Waals surface area contributed by atoms with Crippen LogP contribution in [0.15, 0.2) is 54.9 Å². The van der Waals surface area contributed by atoms with Gasteiger partial charge in [0.1, 0.15) is 12.1 Å². The van der Waals surface area contributed by atoms with Gasteiger partial charge in [-0.1, -0.05) is 51.8 Å². The molecule has 0 N–H and O–H groups in total. The Morgan fingerprint density at radius 3 is 2.71 bits per heavy atom. The fraction of sp³-hybridized carbons (Fsp3) is 0.125. The number of nitrogens with zero attached hydrogens (tertiary/aromatic N) is 3. The van der Waals surface area contributed by atoms with E-state index in [1.54, 1.807) is 11.0 Å². The Morgan fingerprint density at radius 2 is 1.95 bits per heavy atom. The lowest BCUT2D eigenvalue weighted by molar-refractivity contribution is 0.438. The molecule has 1 aromatic heterocycles. The molecule has 0 saturated carbocycles. The predicted octanol–water partition coefficient (Wildman–Crippen LogP) is 4.26. The van der Waals surface area contributed by atoms with Crippen molar-refractivity contribution in [2.24, 2.45) is 0 Å². The molecule has 21 heavy (non-hydrogen) atoms. The molecule has 0 fully saturated rings. The molecule has 0 amide bonds. The maximum atomic E-state index is 5.78. The maximum absolute atomic E-state index is 5.78. The maximum Gasteiger partial charge on any atom is 0.341 e. The number of halogens is 1. The highest BCUT2D eigenvalue weighted by molar-refractivity contribution is 9.08. The molecule has 0 saturated heterocycles. The number of hydrogen-bond acceptors (Lipinski definition) is 3. The molecule has 0 radical (unpaired) electrons. The monoisotopic (exact) mass is 343 g/mol. The molecule has 0 atom stereocenters. The topological polar surface area (TPSA) is 39.9 Å². The first-order chi connectivity index (χ1) is 10.3. The molecule has 4 nitrogen and oxygen atoms in total. The fourth-order valence-electron chi connectivity index (χ4n) is 2.01. The van der Waals surface area contributed by atoms with Crippen LogP contribution in [-0.4, -0.2) is 14.8 Å². The summed E-state index contributed by atoms with van der Waals surface area (Å²) in [6.45, 7) is 2.05. The Labute approximate surface area is 131 Å². The summed E-state index contributed by atoms with van der Waals surface area (Å²) < 4.78 is 7.48. The van der Waals surface area contributed by atoms with Gasteiger partial charge in [0.15, 0.2) is 0 Å². The van der Waals surface area contributed by atoms with Gasteiger partial charge in [0.25, 0.3) is 0 Å². The predicted molar refractivity (Wildman–Crippen MR) is 85.2 cm³/mol. The molecule has 0 aliphatic heterocycles. The average molecular weight is 344 g/mol. The van der Waals surface area contributed by atoms with Gasteiger partial charge >= 0.3 is 6.01 Å². The lowest BCUT2D eigenvalue weighted by atomic mass is 10.1. The Balaban J connectivity index is 1.85. The van der Waals surface area contributed by atoms with Crippen LogP contribution in [0.1, 0.15) is 11.1 Å². The zero-order chi connectivity index (χ0) is 14.7. The summed E-state index contributed by atoms with van der Waals surface area (Å²) >= 11 is 3.47. The summed E-state index contributed by atoms with van der Waals surface area (Å²) in [6.07, 6.45) is 1.65. The van der Waals surface area contributed by atoms with Gasteiger partial charge < -0.3 is 4.74 Å². The minimum Gasteiger partial charge on any atom is -0.423 e. The molecule has 0 aliphatic rings. The zero-order valence-electron chi connectivity index (χ0n) is 11.5. The van der Waals surface area contributed by atoms with Crippen LogP contribution >= 0.6 is 15.9 Å². The molecule has 106 valence electrons. The van der Waals surface area contributed by atoms with Crippen molar-refractivity contribution in [2.75, 3.05) is 0 Å². The number of aromatic nitrogens is 3. The highest BCUT2D eigenvalue weighted by atomic mass is 79.9. The molecule has 5 heteroatoms. The second kappa shape index (κ2) is 6.10. The van der Waals surface area contributed by atoms with E-state index >= 15 is 0 Å². The van der Waals surface area contributed by atoms with Crippen molar-refractivity contribution in [2.45, 2.75) is 12.3 Å². The highest BCUT2D eigenvalue weighted by Crippen LogP contribution is 2.26. The smallest absolute Gasteiger partial charge is 0.341 e. The molecule has 0 unspecified atom stereocenters. The molecular formula is C16H14BrN3O. The third kappa shape index (κ3) is 3.13. The van der Waals surface area contributed by atoms with Crippen molar-refractivity contribution in [3.63, 3.8) is 0 Å². The normalized spacial score (nSPS) is 10.6. The van der Waals surface area contributed by atoms with E-state index in [1.165, 1.54) is 5.56 Å². The molecule has 3 rings (SSSR count). The van der Waals surface area contributed by atoms with Crippen LogP contribution < -0.4 is 4.74 Å². The van der Waals surface area contributed by atoms with Crippen LogP contribution in [0.5, 0.6) is 11.8 Å². The fourth-order valence-corrected chi connectivity index (χ4v) is 2.45. The Bertz CT molecular complexity index is 740. The van der Waals surface area contributed by atoms with E-state index in [2.05, 4.69) is 39.0 Å². The number of benzene rings is 2. The third-order valence-electron chi connectivity index (χ3n) is 3.05. The average Bonchev–Trinajstić information content (AvgIpc) is 2.98. The van der Waals surface area contributed by atoms with E-state index in [0.29, 0.717) is 6.01 Å². The van der Waals surface area contributed by atoms with Crippen molar-refractivity contribution in [1.82, 2.24) is 14.8 Å². The standard InChI is InChI=1S/C16H14BrN3O/c1-12-7-8-15(13(9-12)10-17)21-16-18-11-20(19-16)14-5-3-2-4-6-14/h2-9,11H,10H2,1H3. The van der Waals surface area contributed by atoms with Crippen molar-refractivity contribution in [3.05, 3.63) is 66.0 Å². The summed E-state index contributed by atoms with van der Waals surface area (Å²) in [7, 11) is 0. The van der Waals surface area contributed by atoms with E-state index in [9.17, 15) is 0 Å². The molecule has 2 aromatic carbocycles. The molecule has 0 spiro atoms. The summed E-state index contributed by atoms with van der Waals surface area (Å²) in [5.74, 6) is 0.767. The Hall–Kier alpha value is -2.14. The first kappa shape index (κ1) is 13.8. The van der Waals surface area contributed by atoms with Gasteiger partial charge in [-0.05, 0) is 25.1 Å². The van der Waals surface area contributed by atoms with E-state index in [-0.39, 0.29) is 0 Å². The van der Waals surface area contributed by atoms with Gasteiger partial charge in [-0.25, -0.2) is 4.68 Å². The first-order valence-corrected chi connectivity index (χ1v) is 7.69. The summed E-state index contributed by atoms with van der Waals surface area (Å²) in [4.78, 5) is 4.20. The molecule has 0 bridgehead atoms. The third-order valence-corrected chi connectivity index (χ3v) is 3.66. The first-order valence-electron chi connectivity index (χ1n) is 6.56. The van der Waals surface area contributed by atoms with Crippen LogP contribution in [0.25, 0.3) is 5.69 Å². The van der Waals surface area contributed by atoms with E-state index in [4.69, 9.17) is 4.74 Å². The quantitative estimate of drug-likeness (QED) is 0.664. The van der Waals surface area contributed by atoms with E-state index in [0.717, 1.165) is 22.3 Å². The molecule has 0 aliphatic carbocycles. The summed E-state index contributed by atoms with van der Waals surface area (Å²) in [5.41, 5.74) is 3.22. The molecular weight excluding hydrogens is 330 g/mol. The number of aryl methyl sites for hydroxylation is 1. The number of rotatable bonds is 4. The van der Waals surface area contributed by atoms with Crippen molar-refractivity contribution >= 4 is 15.9 Å². The van der Waals surface area contributed by atoms with E-state index < -0.39 is 0 Å². The van der Waals surface area contributed by atoms with Crippen LogP contribution in [-0.2, 0) is 5.33 Å². The molecule has 3 aromatic rings. The van der Waals surface area contributed by atoms with Crippen molar-refractivity contribution in [1.29, 1.82) is 0 Å². The second-order valence-electron chi connectivity index (χ2n) is 4.65. The van der Waals surface area contributed by atoms with Crippen LogP contribution in [0.3, 0.4) is 0 Å². The summed E-state index contributed by atoms with van der Waals surface area (Å²) in [6, 6.07) is 16.2. The van der Waals surface area contributed by atoms with Gasteiger partial charge in [-0.2, -0.15) is 4.98 Å². The van der Waals surface area contributed by atoms with Gasteiger partial charge in [0, 0.05) is 10.9 Å². The van der Waals surface area contributed by atoms with Crippen LogP contribution in [0.4, 0.5) is 0 Å². The highest BCUT2D eigenvalue weighted by Gasteiger charge is 2.08. The van der Waals surface area contributed by atoms with E-state index in [1.807, 2.05) is 42.5 Å². The zero-order valence-corrected chi connectivity index (χ0v) is 13.1. The number of ether oxygens (including phenoxy) is 1. The number of alkyl halides is 1. The van der Waals surface area contributed by atoms with Crippen LogP contribution in [0, 0.1) is 6.92 Å². The Kier molecular flexibility index (Phi) is 4.01. The second-order valence-corrected chi connectivity index (χ2v) is 5.21. The van der Waals surface area contributed by atoms with Crippen LogP contribution in [0.2, 0.25) is 0 Å². The Morgan fingerprint density at radius 1 is 1.14 bits per heavy atom. The van der Waals surface area contributed by atoms with Gasteiger partial charge in [0.2, 0.25) is 0 Å². The van der Waals surface area contributed by atoms with Gasteiger partial charge in [-0.3, -0.25) is 0 Å².